The molecule has 5 N–H and O–H groups in total. The van der Waals surface area contributed by atoms with Crippen molar-refractivity contribution in [2.45, 2.75) is 32.7 Å². The highest BCUT2D eigenvalue weighted by atomic mass is 31.2. The summed E-state index contributed by atoms with van der Waals surface area (Å²) in [6, 6.07) is 33.2. The van der Waals surface area contributed by atoms with Crippen molar-refractivity contribution in [2.24, 2.45) is 0 Å². The molecule has 0 amide bonds. The van der Waals surface area contributed by atoms with Crippen molar-refractivity contribution >= 4 is 19.5 Å². The number of pyridine rings is 3. The zero-order valence-electron chi connectivity index (χ0n) is 28.4. The number of benzene rings is 2. The van der Waals surface area contributed by atoms with Crippen molar-refractivity contribution < 1.29 is 37.1 Å². The molecule has 0 atom stereocenters. The van der Waals surface area contributed by atoms with Gasteiger partial charge in [-0.05, 0) is 64.2 Å². The van der Waals surface area contributed by atoms with Gasteiger partial charge in [0.2, 0.25) is 12.6 Å². The van der Waals surface area contributed by atoms with Crippen LogP contribution in [0.3, 0.4) is 0 Å². The maximum Gasteiger partial charge on any atom is 0.472 e. The SMILES string of the molecule is Nc1c(-c2cc(Cc3ccc(CNc4ncccc4-c4cc(Cc5ccc(COc6ccccn6)cc5)co4)cc3)no2)ccc[n+]1COP(=O)(O)O. The molecular weight excluding hydrogens is 695 g/mol. The summed E-state index contributed by atoms with van der Waals surface area (Å²) < 4.78 is 34.4. The molecule has 13 nitrogen and oxygen atoms in total. The number of aromatic nitrogens is 4. The van der Waals surface area contributed by atoms with E-state index in [0.717, 1.165) is 45.8 Å². The molecule has 0 aliphatic rings. The highest BCUT2D eigenvalue weighted by Crippen LogP contribution is 2.36. The van der Waals surface area contributed by atoms with Crippen molar-refractivity contribution in [2.75, 3.05) is 11.1 Å². The fourth-order valence-electron chi connectivity index (χ4n) is 5.65. The van der Waals surface area contributed by atoms with Gasteiger partial charge in [0.1, 0.15) is 23.7 Å². The smallest absolute Gasteiger partial charge is 0.472 e. The predicted molar refractivity (Wildman–Crippen MR) is 196 cm³/mol. The number of anilines is 2. The van der Waals surface area contributed by atoms with Crippen LogP contribution in [0.2, 0.25) is 0 Å². The maximum atomic E-state index is 11.1. The van der Waals surface area contributed by atoms with Gasteiger partial charge >= 0.3 is 7.82 Å². The van der Waals surface area contributed by atoms with E-state index in [4.69, 9.17) is 29.2 Å². The number of hydrogen-bond acceptors (Lipinski definition) is 10. The molecule has 0 unspecified atom stereocenters. The van der Waals surface area contributed by atoms with E-state index in [1.54, 1.807) is 43.1 Å². The van der Waals surface area contributed by atoms with E-state index in [0.29, 0.717) is 42.5 Å². The summed E-state index contributed by atoms with van der Waals surface area (Å²) in [5.74, 6) is 2.70. The van der Waals surface area contributed by atoms with Crippen LogP contribution < -0.4 is 20.4 Å². The lowest BCUT2D eigenvalue weighted by molar-refractivity contribution is -0.711. The van der Waals surface area contributed by atoms with Gasteiger partial charge in [0.25, 0.3) is 5.82 Å². The van der Waals surface area contributed by atoms with Crippen molar-refractivity contribution in [1.29, 1.82) is 0 Å². The van der Waals surface area contributed by atoms with Crippen LogP contribution in [0.4, 0.5) is 11.6 Å². The molecule has 0 saturated carbocycles. The molecule has 53 heavy (non-hydrogen) atoms. The van der Waals surface area contributed by atoms with E-state index >= 15 is 0 Å². The molecule has 7 rings (SSSR count). The minimum atomic E-state index is -4.66. The van der Waals surface area contributed by atoms with Crippen LogP contribution in [0.25, 0.3) is 22.6 Å². The van der Waals surface area contributed by atoms with Crippen molar-refractivity contribution in [3.8, 4) is 28.5 Å². The number of nitrogen functional groups attached to an aromatic ring is 1. The number of nitrogens with two attached hydrogens (primary N) is 1. The lowest BCUT2D eigenvalue weighted by atomic mass is 10.0. The summed E-state index contributed by atoms with van der Waals surface area (Å²) >= 11 is 0. The van der Waals surface area contributed by atoms with Crippen LogP contribution in [0.1, 0.15) is 33.5 Å². The predicted octanol–water partition coefficient (Wildman–Crippen LogP) is 6.70. The normalized spacial score (nSPS) is 11.4. The minimum absolute atomic E-state index is 0.217. The van der Waals surface area contributed by atoms with Crippen LogP contribution in [-0.2, 0) is 41.8 Å². The number of rotatable bonds is 15. The minimum Gasteiger partial charge on any atom is -0.473 e. The monoisotopic (exact) mass is 731 g/mol. The molecule has 0 spiro atoms. The van der Waals surface area contributed by atoms with Crippen LogP contribution >= 0.6 is 7.82 Å². The third-order valence-corrected chi connectivity index (χ3v) is 8.81. The van der Waals surface area contributed by atoms with E-state index in [-0.39, 0.29) is 5.82 Å². The summed E-state index contributed by atoms with van der Waals surface area (Å²) in [6.45, 7) is 0.594. The quantitative estimate of drug-likeness (QED) is 0.0648. The van der Waals surface area contributed by atoms with Gasteiger partial charge < -0.3 is 28.8 Å². The molecule has 268 valence electrons. The molecule has 14 heteroatoms. The Hall–Kier alpha value is -6.11. The van der Waals surface area contributed by atoms with Gasteiger partial charge in [0.05, 0.1) is 23.7 Å². The number of furan rings is 1. The van der Waals surface area contributed by atoms with Crippen LogP contribution in [0.5, 0.6) is 5.88 Å². The average Bonchev–Trinajstić information content (AvgIpc) is 3.84. The number of phosphoric acid groups is 1. The van der Waals surface area contributed by atoms with E-state index < -0.39 is 14.6 Å². The Bertz CT molecular complexity index is 2320. The second kappa shape index (κ2) is 16.1. The Labute approximate surface area is 304 Å². The summed E-state index contributed by atoms with van der Waals surface area (Å²) in [5, 5.41) is 7.65. The second-order valence-corrected chi connectivity index (χ2v) is 13.5. The molecule has 7 aromatic rings. The van der Waals surface area contributed by atoms with Crippen LogP contribution in [-0.4, -0.2) is 24.9 Å². The van der Waals surface area contributed by atoms with Gasteiger partial charge in [-0.15, -0.1) is 0 Å². The standard InChI is InChI=1S/C39H35N6O7P/c40-38-33(6-4-18-45(38)26-51-53(46,47)48)36-22-32(44-52-36)20-28-8-12-29(13-9-28)23-43-39-34(5-3-17-42-39)35-21-31(25-49-35)19-27-10-14-30(15-11-27)24-50-37-7-1-2-16-41-37/h1-18,21-22,25,40H,19-20,23-24,26H2,(H3,42,43,46,47,48)/p+1. The fraction of sp³-hybridized carbons (Fsp3) is 0.128. The van der Waals surface area contributed by atoms with Gasteiger partial charge in [-0.2, -0.15) is 0 Å². The van der Waals surface area contributed by atoms with Gasteiger partial charge in [0, 0.05) is 43.9 Å². The Morgan fingerprint density at radius 2 is 1.51 bits per heavy atom. The molecule has 0 aliphatic heterocycles. The highest BCUT2D eigenvalue weighted by molar-refractivity contribution is 7.46. The molecule has 0 saturated heterocycles. The topological polar surface area (TPSA) is 183 Å². The first-order valence-corrected chi connectivity index (χ1v) is 18.2. The third-order valence-electron chi connectivity index (χ3n) is 8.35. The number of nitrogens with zero attached hydrogens (tertiary/aromatic N) is 4. The number of ether oxygens (including phenoxy) is 1. The van der Waals surface area contributed by atoms with Gasteiger partial charge in [0.15, 0.2) is 5.76 Å². The zero-order valence-corrected chi connectivity index (χ0v) is 29.3. The molecule has 5 aromatic heterocycles. The zero-order chi connectivity index (χ0) is 36.6. The Morgan fingerprint density at radius 1 is 0.774 bits per heavy atom. The third kappa shape index (κ3) is 9.42. The Morgan fingerprint density at radius 3 is 2.28 bits per heavy atom. The Kier molecular flexibility index (Phi) is 10.7. The Balaban J connectivity index is 0.933. The average molecular weight is 732 g/mol. The summed E-state index contributed by atoms with van der Waals surface area (Å²) in [4.78, 5) is 26.8. The largest absolute Gasteiger partial charge is 0.473 e. The van der Waals surface area contributed by atoms with E-state index in [1.807, 2.05) is 54.6 Å². The molecule has 0 bridgehead atoms. The molecule has 0 radical (unpaired) electrons. The number of nitrogens with one attached hydrogen (secondary N) is 1. The lowest BCUT2D eigenvalue weighted by Gasteiger charge is -2.10. The van der Waals surface area contributed by atoms with Crippen LogP contribution in [0, 0.1) is 0 Å². The van der Waals surface area contributed by atoms with Gasteiger partial charge in [-0.1, -0.05) is 59.8 Å². The molecule has 0 fully saturated rings. The first kappa shape index (κ1) is 35.3. The van der Waals surface area contributed by atoms with Crippen molar-refractivity contribution in [3.05, 3.63) is 161 Å². The van der Waals surface area contributed by atoms with E-state index in [2.05, 4.69) is 55.3 Å². The fourth-order valence-corrected chi connectivity index (χ4v) is 5.92. The van der Waals surface area contributed by atoms with Crippen LogP contribution in [0.15, 0.2) is 137 Å². The maximum absolute atomic E-state index is 11.1. The number of phosphoric ester groups is 1. The second-order valence-electron chi connectivity index (χ2n) is 12.2. The molecular formula is C39H36N6O7P+. The summed E-state index contributed by atoms with van der Waals surface area (Å²) in [7, 11) is -4.66. The van der Waals surface area contributed by atoms with Crippen molar-refractivity contribution in [1.82, 2.24) is 15.1 Å². The van der Waals surface area contributed by atoms with E-state index in [9.17, 15) is 4.57 Å². The first-order valence-electron chi connectivity index (χ1n) is 16.7. The van der Waals surface area contributed by atoms with Gasteiger partial charge in [-0.3, -0.25) is 5.73 Å². The molecule has 0 aliphatic carbocycles. The summed E-state index contributed by atoms with van der Waals surface area (Å²) in [5.41, 5.74) is 13.7. The van der Waals surface area contributed by atoms with Crippen molar-refractivity contribution in [3.63, 3.8) is 0 Å². The highest BCUT2D eigenvalue weighted by Gasteiger charge is 2.21. The lowest BCUT2D eigenvalue weighted by Crippen LogP contribution is -2.38. The first-order chi connectivity index (χ1) is 25.8. The van der Waals surface area contributed by atoms with E-state index in [1.165, 1.54) is 10.1 Å². The summed E-state index contributed by atoms with van der Waals surface area (Å²) in [6.07, 6.45) is 8.06. The number of hydrogen-bond donors (Lipinski definition) is 4. The van der Waals surface area contributed by atoms with Gasteiger partial charge in [-0.25, -0.2) is 23.6 Å². The molecule has 2 aromatic carbocycles. The molecule has 5 heterocycles.